The lowest BCUT2D eigenvalue weighted by molar-refractivity contribution is -0.125. The first-order valence-electron chi connectivity index (χ1n) is 9.93. The quantitative estimate of drug-likeness (QED) is 0.597. The topological polar surface area (TPSA) is 84.5 Å². The van der Waals surface area contributed by atoms with Crippen LogP contribution >= 0.6 is 0 Å². The molecule has 0 rings (SSSR count). The van der Waals surface area contributed by atoms with Crippen LogP contribution in [0, 0.1) is 10.8 Å². The van der Waals surface area contributed by atoms with E-state index in [4.69, 9.17) is 4.74 Å². The van der Waals surface area contributed by atoms with Crippen molar-refractivity contribution in [2.75, 3.05) is 26.3 Å². The summed E-state index contributed by atoms with van der Waals surface area (Å²) in [6, 6.07) is 0. The summed E-state index contributed by atoms with van der Waals surface area (Å²) in [5.41, 5.74) is -0.408. The Morgan fingerprint density at radius 1 is 0.852 bits per heavy atom. The van der Waals surface area contributed by atoms with Crippen molar-refractivity contribution in [3.05, 3.63) is 0 Å². The number of hydrogen-bond donors (Lipinski definition) is 2. The Labute approximate surface area is 167 Å². The fourth-order valence-electron chi connectivity index (χ4n) is 1.98. The Bertz CT molecular complexity index is 418. The van der Waals surface area contributed by atoms with Gasteiger partial charge < -0.3 is 20.2 Å². The highest BCUT2D eigenvalue weighted by Crippen LogP contribution is 2.23. The van der Waals surface area contributed by atoms with E-state index in [1.165, 1.54) is 13.3 Å². The standard InChI is InChI=1S/C16H30N2O4.C3H8.C2H6/c1-12(19)7-15(3,4)10-22-11-16(5,6)9-18-14(21)8-17-13(2)20;1-3-2;1-2/h7-11H2,1-6H3,(H,17,20)(H,18,21);3H2,1-2H3;1-2H3. The summed E-state index contributed by atoms with van der Waals surface area (Å²) in [6.45, 7) is 20.6. The highest BCUT2D eigenvalue weighted by Gasteiger charge is 2.24. The summed E-state index contributed by atoms with van der Waals surface area (Å²) >= 11 is 0. The second kappa shape index (κ2) is 16.7. The van der Waals surface area contributed by atoms with Crippen LogP contribution in [0.5, 0.6) is 0 Å². The largest absolute Gasteiger partial charge is 0.380 e. The molecule has 162 valence electrons. The third-order valence-corrected chi connectivity index (χ3v) is 2.98. The van der Waals surface area contributed by atoms with E-state index in [2.05, 4.69) is 24.5 Å². The fraction of sp³-hybridized carbons (Fsp3) is 0.857. The van der Waals surface area contributed by atoms with E-state index >= 15 is 0 Å². The summed E-state index contributed by atoms with van der Waals surface area (Å²) in [7, 11) is 0. The molecule has 0 aromatic rings. The molecule has 6 heteroatoms. The van der Waals surface area contributed by atoms with Gasteiger partial charge in [-0.3, -0.25) is 9.59 Å². The zero-order valence-corrected chi connectivity index (χ0v) is 19.4. The normalized spacial score (nSPS) is 10.6. The molecule has 0 radical (unpaired) electrons. The second-order valence-corrected chi connectivity index (χ2v) is 8.09. The first-order chi connectivity index (χ1) is 12.3. The average Bonchev–Trinajstić information content (AvgIpc) is 2.52. The van der Waals surface area contributed by atoms with Crippen LogP contribution in [-0.4, -0.2) is 43.9 Å². The van der Waals surface area contributed by atoms with Crippen LogP contribution in [0.2, 0.25) is 0 Å². The molecule has 0 aromatic heterocycles. The minimum absolute atomic E-state index is 0.0160. The molecular formula is C21H44N2O4. The maximum Gasteiger partial charge on any atom is 0.239 e. The monoisotopic (exact) mass is 388 g/mol. The number of Topliss-reactive ketones (excluding diaryl/α,β-unsaturated/α-hetero) is 1. The average molecular weight is 389 g/mol. The van der Waals surface area contributed by atoms with Crippen LogP contribution < -0.4 is 10.6 Å². The van der Waals surface area contributed by atoms with Gasteiger partial charge >= 0.3 is 0 Å². The van der Waals surface area contributed by atoms with Gasteiger partial charge in [0.1, 0.15) is 5.78 Å². The van der Waals surface area contributed by atoms with E-state index in [0.29, 0.717) is 26.2 Å². The van der Waals surface area contributed by atoms with E-state index in [9.17, 15) is 14.4 Å². The third kappa shape index (κ3) is 24.6. The molecule has 0 aliphatic rings. The molecule has 0 fully saturated rings. The van der Waals surface area contributed by atoms with Crippen molar-refractivity contribution in [2.24, 2.45) is 10.8 Å². The van der Waals surface area contributed by atoms with E-state index in [1.54, 1.807) is 6.92 Å². The maximum atomic E-state index is 11.5. The number of amides is 2. The van der Waals surface area contributed by atoms with E-state index in [0.717, 1.165) is 0 Å². The Morgan fingerprint density at radius 3 is 1.70 bits per heavy atom. The predicted molar refractivity (Wildman–Crippen MR) is 113 cm³/mol. The van der Waals surface area contributed by atoms with Gasteiger partial charge in [-0.05, 0) is 12.3 Å². The highest BCUT2D eigenvalue weighted by atomic mass is 16.5. The summed E-state index contributed by atoms with van der Waals surface area (Å²) < 4.78 is 5.72. The first kappa shape index (κ1) is 30.3. The summed E-state index contributed by atoms with van der Waals surface area (Å²) in [4.78, 5) is 33.4. The molecule has 0 saturated heterocycles. The Kier molecular flexibility index (Phi) is 18.8. The van der Waals surface area contributed by atoms with Gasteiger partial charge in [0.2, 0.25) is 11.8 Å². The first-order valence-corrected chi connectivity index (χ1v) is 9.93. The number of carbonyl (C=O) groups excluding carboxylic acids is 3. The van der Waals surface area contributed by atoms with Gasteiger partial charge in [0.15, 0.2) is 0 Å². The van der Waals surface area contributed by atoms with Crippen LogP contribution in [0.1, 0.15) is 82.1 Å². The predicted octanol–water partition coefficient (Wildman–Crippen LogP) is 3.73. The van der Waals surface area contributed by atoms with E-state index in [1.807, 2.05) is 41.5 Å². The second-order valence-electron chi connectivity index (χ2n) is 8.09. The zero-order chi connectivity index (χ0) is 22.1. The summed E-state index contributed by atoms with van der Waals surface area (Å²) in [6.07, 6.45) is 1.74. The molecule has 0 aliphatic carbocycles. The van der Waals surface area contributed by atoms with Crippen molar-refractivity contribution in [1.29, 1.82) is 0 Å². The van der Waals surface area contributed by atoms with E-state index < -0.39 is 0 Å². The third-order valence-electron chi connectivity index (χ3n) is 2.98. The van der Waals surface area contributed by atoms with Crippen molar-refractivity contribution in [2.45, 2.75) is 82.1 Å². The van der Waals surface area contributed by atoms with Gasteiger partial charge in [-0.1, -0.05) is 61.8 Å². The molecule has 0 heterocycles. The highest BCUT2D eigenvalue weighted by molar-refractivity contribution is 5.83. The van der Waals surface area contributed by atoms with Crippen molar-refractivity contribution in [3.63, 3.8) is 0 Å². The lowest BCUT2D eigenvalue weighted by Gasteiger charge is -2.28. The Balaban J connectivity index is -0.00000104. The number of hydrogen-bond acceptors (Lipinski definition) is 4. The lowest BCUT2D eigenvalue weighted by Crippen LogP contribution is -2.42. The van der Waals surface area contributed by atoms with Crippen molar-refractivity contribution < 1.29 is 19.1 Å². The molecule has 2 amide bonds. The number of ketones is 1. The number of ether oxygens (including phenoxy) is 1. The van der Waals surface area contributed by atoms with Crippen LogP contribution in [0.4, 0.5) is 0 Å². The van der Waals surface area contributed by atoms with Crippen LogP contribution in [-0.2, 0) is 19.1 Å². The van der Waals surface area contributed by atoms with Crippen LogP contribution in [0.25, 0.3) is 0 Å². The minimum Gasteiger partial charge on any atom is -0.380 e. The van der Waals surface area contributed by atoms with E-state index in [-0.39, 0.29) is 35.0 Å². The van der Waals surface area contributed by atoms with Gasteiger partial charge in [0.25, 0.3) is 0 Å². The maximum absolute atomic E-state index is 11.5. The van der Waals surface area contributed by atoms with Crippen molar-refractivity contribution in [3.8, 4) is 0 Å². The molecule has 0 aromatic carbocycles. The molecule has 0 unspecified atom stereocenters. The van der Waals surface area contributed by atoms with Gasteiger partial charge in [-0.2, -0.15) is 0 Å². The van der Waals surface area contributed by atoms with Crippen LogP contribution in [0.15, 0.2) is 0 Å². The SMILES string of the molecule is CC.CC(=O)CC(C)(C)COCC(C)(C)CNC(=O)CNC(C)=O.CCC. The minimum atomic E-state index is -0.231. The Morgan fingerprint density at radius 2 is 1.30 bits per heavy atom. The summed E-state index contributed by atoms with van der Waals surface area (Å²) in [5.74, 6) is -0.302. The van der Waals surface area contributed by atoms with Gasteiger partial charge in [-0.15, -0.1) is 0 Å². The number of nitrogens with one attached hydrogen (secondary N) is 2. The number of rotatable bonds is 10. The van der Waals surface area contributed by atoms with Crippen molar-refractivity contribution >= 4 is 17.6 Å². The molecule has 27 heavy (non-hydrogen) atoms. The molecule has 0 saturated carbocycles. The molecule has 6 nitrogen and oxygen atoms in total. The van der Waals surface area contributed by atoms with Crippen molar-refractivity contribution in [1.82, 2.24) is 10.6 Å². The van der Waals surface area contributed by atoms with Gasteiger partial charge in [-0.25, -0.2) is 0 Å². The molecule has 2 N–H and O–H groups in total. The molecule has 0 spiro atoms. The summed E-state index contributed by atoms with van der Waals surface area (Å²) in [5, 5.41) is 5.22. The van der Waals surface area contributed by atoms with Gasteiger partial charge in [0, 0.05) is 25.3 Å². The smallest absolute Gasteiger partial charge is 0.239 e. The number of carbonyl (C=O) groups is 3. The molecule has 0 atom stereocenters. The Hall–Kier alpha value is -1.43. The lowest BCUT2D eigenvalue weighted by atomic mass is 9.88. The van der Waals surface area contributed by atoms with Gasteiger partial charge in [0.05, 0.1) is 19.8 Å². The molecule has 0 aliphatic heterocycles. The molecular weight excluding hydrogens is 344 g/mol. The van der Waals surface area contributed by atoms with Crippen LogP contribution in [0.3, 0.4) is 0 Å². The molecule has 0 bridgehead atoms. The fourth-order valence-corrected chi connectivity index (χ4v) is 1.98. The zero-order valence-electron chi connectivity index (χ0n) is 19.4.